The largest absolute Gasteiger partial charge is 0.388 e. The Bertz CT molecular complexity index is 580. The summed E-state index contributed by atoms with van der Waals surface area (Å²) in [5.41, 5.74) is 3.47. The molecule has 2 aromatic rings. The van der Waals surface area contributed by atoms with Crippen LogP contribution in [-0.4, -0.2) is 10.1 Å². The number of halogens is 2. The zero-order chi connectivity index (χ0) is 14.0. The van der Waals surface area contributed by atoms with Gasteiger partial charge in [0.2, 0.25) is 0 Å². The van der Waals surface area contributed by atoms with E-state index in [0.717, 1.165) is 22.5 Å². The third-order valence-corrected chi connectivity index (χ3v) is 3.66. The molecular formula is C15H15BrFNO. The minimum Gasteiger partial charge on any atom is -0.388 e. The summed E-state index contributed by atoms with van der Waals surface area (Å²) in [6.07, 6.45) is -0.189. The van der Waals surface area contributed by atoms with Crippen molar-refractivity contribution < 1.29 is 9.50 Å². The zero-order valence-corrected chi connectivity index (χ0v) is 12.4. The first-order valence-corrected chi connectivity index (χ1v) is 6.82. The van der Waals surface area contributed by atoms with E-state index in [0.29, 0.717) is 10.9 Å². The van der Waals surface area contributed by atoms with Crippen LogP contribution in [0.4, 0.5) is 4.39 Å². The summed E-state index contributed by atoms with van der Waals surface area (Å²) in [5, 5.41) is 10.3. The zero-order valence-electron chi connectivity index (χ0n) is 10.8. The third kappa shape index (κ3) is 3.61. The molecule has 2 nitrogen and oxygen atoms in total. The molecule has 4 heteroatoms. The molecule has 0 saturated heterocycles. The first-order valence-electron chi connectivity index (χ1n) is 6.03. The Balaban J connectivity index is 2.22. The van der Waals surface area contributed by atoms with Crippen molar-refractivity contribution in [2.45, 2.75) is 26.4 Å². The molecule has 1 aromatic carbocycles. The van der Waals surface area contributed by atoms with E-state index in [1.807, 2.05) is 26.0 Å². The number of hydrogen-bond acceptors (Lipinski definition) is 2. The van der Waals surface area contributed by atoms with Crippen LogP contribution in [0.1, 0.15) is 28.6 Å². The fraction of sp³-hybridized carbons (Fsp3) is 0.267. The Labute approximate surface area is 120 Å². The lowest BCUT2D eigenvalue weighted by Gasteiger charge is -2.13. The van der Waals surface area contributed by atoms with Gasteiger partial charge >= 0.3 is 0 Å². The molecule has 0 spiro atoms. The minimum absolute atomic E-state index is 0.291. The second-order valence-electron chi connectivity index (χ2n) is 4.64. The van der Waals surface area contributed by atoms with Crippen LogP contribution >= 0.6 is 15.9 Å². The number of aromatic nitrogens is 1. The highest BCUT2D eigenvalue weighted by atomic mass is 79.9. The number of aliphatic hydroxyl groups excluding tert-OH is 1. The van der Waals surface area contributed by atoms with Gasteiger partial charge in [-0.25, -0.2) is 4.39 Å². The normalized spacial score (nSPS) is 12.5. The fourth-order valence-electron chi connectivity index (χ4n) is 2.07. The lowest BCUT2D eigenvalue weighted by Crippen LogP contribution is -2.04. The third-order valence-electron chi connectivity index (χ3n) is 2.92. The van der Waals surface area contributed by atoms with Gasteiger partial charge in [0.15, 0.2) is 0 Å². The first kappa shape index (κ1) is 14.2. The van der Waals surface area contributed by atoms with E-state index in [4.69, 9.17) is 0 Å². The molecule has 1 aromatic heterocycles. The van der Waals surface area contributed by atoms with E-state index in [1.165, 1.54) is 12.1 Å². The van der Waals surface area contributed by atoms with Crippen molar-refractivity contribution in [3.8, 4) is 0 Å². The Morgan fingerprint density at radius 2 is 1.84 bits per heavy atom. The van der Waals surface area contributed by atoms with E-state index in [1.54, 1.807) is 6.07 Å². The van der Waals surface area contributed by atoms with Crippen LogP contribution in [-0.2, 0) is 6.42 Å². The number of hydrogen-bond donors (Lipinski definition) is 1. The van der Waals surface area contributed by atoms with Crippen LogP contribution in [0.25, 0.3) is 0 Å². The molecule has 0 aliphatic rings. The number of pyridine rings is 1. The number of rotatable bonds is 3. The quantitative estimate of drug-likeness (QED) is 0.929. The number of aliphatic hydroxyl groups is 1. The standard InChI is InChI=1S/C15H15BrFNO/c1-9-5-12(6-10(2)18-9)15(19)7-11-3-4-13(17)8-14(11)16/h3-6,8,15,19H,7H2,1-2H3. The molecule has 0 saturated carbocycles. The van der Waals surface area contributed by atoms with Gasteiger partial charge < -0.3 is 5.11 Å². The molecule has 19 heavy (non-hydrogen) atoms. The second kappa shape index (κ2) is 5.80. The van der Waals surface area contributed by atoms with Gasteiger partial charge in [0.05, 0.1) is 6.10 Å². The Morgan fingerprint density at radius 3 is 2.42 bits per heavy atom. The predicted octanol–water partition coefficient (Wildman–Crippen LogP) is 3.88. The van der Waals surface area contributed by atoms with Crippen molar-refractivity contribution in [2.24, 2.45) is 0 Å². The molecule has 0 amide bonds. The molecule has 0 aliphatic heterocycles. The van der Waals surface area contributed by atoms with Crippen LogP contribution in [0, 0.1) is 19.7 Å². The Hall–Kier alpha value is -1.26. The minimum atomic E-state index is -0.623. The lowest BCUT2D eigenvalue weighted by atomic mass is 10.0. The number of aryl methyl sites for hydroxylation is 2. The molecule has 100 valence electrons. The highest BCUT2D eigenvalue weighted by Crippen LogP contribution is 2.25. The van der Waals surface area contributed by atoms with Gasteiger partial charge in [0, 0.05) is 22.3 Å². The summed E-state index contributed by atoms with van der Waals surface area (Å²) in [6, 6.07) is 8.23. The van der Waals surface area contributed by atoms with E-state index >= 15 is 0 Å². The maximum atomic E-state index is 13.0. The molecule has 1 atom stereocenters. The smallest absolute Gasteiger partial charge is 0.124 e. The van der Waals surface area contributed by atoms with Gasteiger partial charge in [-0.2, -0.15) is 0 Å². The molecular weight excluding hydrogens is 309 g/mol. The summed E-state index contributed by atoms with van der Waals surface area (Å²) < 4.78 is 13.7. The van der Waals surface area contributed by atoms with Crippen LogP contribution < -0.4 is 0 Å². The van der Waals surface area contributed by atoms with Crippen LogP contribution in [0.15, 0.2) is 34.8 Å². The lowest BCUT2D eigenvalue weighted by molar-refractivity contribution is 0.178. The van der Waals surface area contributed by atoms with Gasteiger partial charge in [0.1, 0.15) is 5.82 Å². The van der Waals surface area contributed by atoms with Crippen LogP contribution in [0.5, 0.6) is 0 Å². The van der Waals surface area contributed by atoms with Crippen molar-refractivity contribution in [2.75, 3.05) is 0 Å². The highest BCUT2D eigenvalue weighted by molar-refractivity contribution is 9.10. The summed E-state index contributed by atoms with van der Waals surface area (Å²) in [7, 11) is 0. The molecule has 0 radical (unpaired) electrons. The summed E-state index contributed by atoms with van der Waals surface area (Å²) in [6.45, 7) is 3.80. The Kier molecular flexibility index (Phi) is 4.32. The van der Waals surface area contributed by atoms with E-state index < -0.39 is 6.10 Å². The SMILES string of the molecule is Cc1cc(C(O)Cc2ccc(F)cc2Br)cc(C)n1. The van der Waals surface area contributed by atoms with Gasteiger partial charge in [0.25, 0.3) is 0 Å². The monoisotopic (exact) mass is 323 g/mol. The molecule has 1 N–H and O–H groups in total. The molecule has 2 rings (SSSR count). The summed E-state index contributed by atoms with van der Waals surface area (Å²) in [5.74, 6) is -0.291. The van der Waals surface area contributed by atoms with Gasteiger partial charge in [-0.15, -0.1) is 0 Å². The molecule has 0 bridgehead atoms. The van der Waals surface area contributed by atoms with Crippen molar-refractivity contribution in [3.63, 3.8) is 0 Å². The predicted molar refractivity (Wildman–Crippen MR) is 76.5 cm³/mol. The molecule has 1 heterocycles. The van der Waals surface area contributed by atoms with Crippen LogP contribution in [0.3, 0.4) is 0 Å². The van der Waals surface area contributed by atoms with Crippen molar-refractivity contribution in [1.82, 2.24) is 4.98 Å². The van der Waals surface area contributed by atoms with Gasteiger partial charge in [-0.3, -0.25) is 4.98 Å². The number of nitrogens with zero attached hydrogens (tertiary/aromatic N) is 1. The van der Waals surface area contributed by atoms with E-state index in [-0.39, 0.29) is 5.82 Å². The summed E-state index contributed by atoms with van der Waals surface area (Å²) >= 11 is 3.31. The van der Waals surface area contributed by atoms with Gasteiger partial charge in [-0.1, -0.05) is 22.0 Å². The van der Waals surface area contributed by atoms with Crippen molar-refractivity contribution >= 4 is 15.9 Å². The maximum absolute atomic E-state index is 13.0. The molecule has 1 unspecified atom stereocenters. The van der Waals surface area contributed by atoms with Crippen molar-refractivity contribution in [3.05, 3.63) is 63.1 Å². The fourth-order valence-corrected chi connectivity index (χ4v) is 2.59. The average molecular weight is 324 g/mol. The maximum Gasteiger partial charge on any atom is 0.124 e. The second-order valence-corrected chi connectivity index (χ2v) is 5.49. The molecule has 0 aliphatic carbocycles. The highest BCUT2D eigenvalue weighted by Gasteiger charge is 2.12. The topological polar surface area (TPSA) is 33.1 Å². The summed E-state index contributed by atoms with van der Waals surface area (Å²) in [4.78, 5) is 4.28. The first-order chi connectivity index (χ1) is 8.95. The van der Waals surface area contributed by atoms with Gasteiger partial charge in [-0.05, 0) is 49.2 Å². The van der Waals surface area contributed by atoms with Crippen LogP contribution in [0.2, 0.25) is 0 Å². The van der Waals surface area contributed by atoms with E-state index in [9.17, 15) is 9.50 Å². The van der Waals surface area contributed by atoms with E-state index in [2.05, 4.69) is 20.9 Å². The number of benzene rings is 1. The van der Waals surface area contributed by atoms with Crippen molar-refractivity contribution in [1.29, 1.82) is 0 Å². The average Bonchev–Trinajstić information content (AvgIpc) is 2.31. The molecule has 0 fully saturated rings. The Morgan fingerprint density at radius 1 is 1.21 bits per heavy atom.